The van der Waals surface area contributed by atoms with Crippen LogP contribution in [0, 0.1) is 0 Å². The van der Waals surface area contributed by atoms with Crippen molar-refractivity contribution < 1.29 is 13.6 Å². The molecule has 0 amide bonds. The Bertz CT molecular complexity index is 140. The first-order valence-corrected chi connectivity index (χ1v) is 3.75. The maximum atomic E-state index is 12.1. The molecule has 1 rings (SSSR count). The van der Waals surface area contributed by atoms with E-state index in [4.69, 9.17) is 0 Å². The van der Waals surface area contributed by atoms with E-state index < -0.39 is 12.6 Å². The molecule has 0 aromatic heterocycles. The number of nitrogens with zero attached hydrogens (tertiary/aromatic N) is 1. The quantitative estimate of drug-likeness (QED) is 0.451. The van der Waals surface area contributed by atoms with Crippen molar-refractivity contribution in [2.75, 3.05) is 6.54 Å². The molecule has 0 aliphatic carbocycles. The van der Waals surface area contributed by atoms with Gasteiger partial charge in [0.2, 0.25) is 0 Å². The molecule has 1 unspecified atom stereocenters. The molecule has 0 radical (unpaired) electrons. The molecule has 0 aromatic rings. The average molecular weight is 163 g/mol. The summed E-state index contributed by atoms with van der Waals surface area (Å²) in [5.41, 5.74) is 0. The number of hydrogen-bond donors (Lipinski definition) is 0. The Labute approximate surface area is 64.2 Å². The highest BCUT2D eigenvalue weighted by Gasteiger charge is 2.27. The largest absolute Gasteiger partial charge is 0.302 e. The van der Waals surface area contributed by atoms with Gasteiger partial charge in [-0.25, -0.2) is 4.90 Å². The number of likely N-dealkylation sites (tertiary alicyclic amines) is 1. The van der Waals surface area contributed by atoms with E-state index in [2.05, 4.69) is 0 Å². The van der Waals surface area contributed by atoms with Gasteiger partial charge in [-0.15, -0.1) is 0 Å². The van der Waals surface area contributed by atoms with E-state index in [1.165, 1.54) is 0 Å². The second-order valence-corrected chi connectivity index (χ2v) is 2.71. The van der Waals surface area contributed by atoms with E-state index in [0.717, 1.165) is 17.7 Å². The van der Waals surface area contributed by atoms with Gasteiger partial charge in [-0.3, -0.25) is 0 Å². The van der Waals surface area contributed by atoms with E-state index in [-0.39, 0.29) is 0 Å². The SMILES string of the molecule is O=CC1CCCCN1C(F)F. The number of carbonyl (C=O) groups is 1. The summed E-state index contributed by atoms with van der Waals surface area (Å²) >= 11 is 0. The lowest BCUT2D eigenvalue weighted by Gasteiger charge is -2.30. The Balaban J connectivity index is 2.51. The molecule has 1 aliphatic rings. The second-order valence-electron chi connectivity index (χ2n) is 2.71. The minimum atomic E-state index is -2.48. The number of aldehydes is 1. The van der Waals surface area contributed by atoms with E-state index in [1.54, 1.807) is 0 Å². The van der Waals surface area contributed by atoms with Crippen molar-refractivity contribution in [3.05, 3.63) is 0 Å². The van der Waals surface area contributed by atoms with E-state index >= 15 is 0 Å². The summed E-state index contributed by atoms with van der Waals surface area (Å²) in [6.07, 6.45) is 2.85. The van der Waals surface area contributed by atoms with Crippen LogP contribution in [0.2, 0.25) is 0 Å². The van der Waals surface area contributed by atoms with Crippen molar-refractivity contribution in [3.63, 3.8) is 0 Å². The summed E-state index contributed by atoms with van der Waals surface area (Å²) in [7, 11) is 0. The van der Waals surface area contributed by atoms with Gasteiger partial charge in [-0.2, -0.15) is 8.78 Å². The molecule has 1 fully saturated rings. The number of rotatable bonds is 2. The summed E-state index contributed by atoms with van der Waals surface area (Å²) < 4.78 is 24.2. The molecule has 0 saturated carbocycles. The zero-order valence-electron chi connectivity index (χ0n) is 6.17. The van der Waals surface area contributed by atoms with Crippen LogP contribution < -0.4 is 0 Å². The Kier molecular flexibility index (Phi) is 2.93. The van der Waals surface area contributed by atoms with Gasteiger partial charge in [0.15, 0.2) is 0 Å². The van der Waals surface area contributed by atoms with Crippen molar-refractivity contribution in [2.24, 2.45) is 0 Å². The van der Waals surface area contributed by atoms with Gasteiger partial charge in [-0.05, 0) is 12.8 Å². The van der Waals surface area contributed by atoms with Crippen molar-refractivity contribution in [2.45, 2.75) is 31.9 Å². The molecule has 4 heteroatoms. The molecule has 0 aromatic carbocycles. The van der Waals surface area contributed by atoms with Gasteiger partial charge in [0.1, 0.15) is 6.29 Å². The Morgan fingerprint density at radius 1 is 1.45 bits per heavy atom. The molecule has 0 bridgehead atoms. The molecule has 1 atom stereocenters. The number of hydrogen-bond acceptors (Lipinski definition) is 2. The van der Waals surface area contributed by atoms with Crippen LogP contribution >= 0.6 is 0 Å². The summed E-state index contributed by atoms with van der Waals surface area (Å²) in [6.45, 7) is -2.13. The topological polar surface area (TPSA) is 20.3 Å². The van der Waals surface area contributed by atoms with E-state index in [0.29, 0.717) is 19.3 Å². The van der Waals surface area contributed by atoms with Gasteiger partial charge in [-0.1, -0.05) is 6.42 Å². The third-order valence-corrected chi connectivity index (χ3v) is 2.00. The number of halogens is 2. The minimum Gasteiger partial charge on any atom is -0.302 e. The lowest BCUT2D eigenvalue weighted by atomic mass is 10.0. The van der Waals surface area contributed by atoms with E-state index in [1.807, 2.05) is 0 Å². The average Bonchev–Trinajstić information content (AvgIpc) is 2.04. The highest BCUT2D eigenvalue weighted by atomic mass is 19.3. The predicted octanol–water partition coefficient (Wildman–Crippen LogP) is 1.26. The van der Waals surface area contributed by atoms with Crippen LogP contribution in [0.5, 0.6) is 0 Å². The fraction of sp³-hybridized carbons (Fsp3) is 0.857. The fourth-order valence-corrected chi connectivity index (χ4v) is 1.37. The Hall–Kier alpha value is -0.510. The first-order valence-electron chi connectivity index (χ1n) is 3.75. The third-order valence-electron chi connectivity index (χ3n) is 2.00. The van der Waals surface area contributed by atoms with Gasteiger partial charge in [0.25, 0.3) is 6.55 Å². The molecule has 0 N–H and O–H groups in total. The van der Waals surface area contributed by atoms with Crippen LogP contribution in [-0.4, -0.2) is 30.3 Å². The van der Waals surface area contributed by atoms with Crippen LogP contribution in [0.4, 0.5) is 8.78 Å². The maximum absolute atomic E-state index is 12.1. The molecule has 1 saturated heterocycles. The number of carbonyl (C=O) groups excluding carboxylic acids is 1. The van der Waals surface area contributed by atoms with Crippen LogP contribution in [0.25, 0.3) is 0 Å². The van der Waals surface area contributed by atoms with Crippen LogP contribution in [0.1, 0.15) is 19.3 Å². The summed E-state index contributed by atoms with van der Waals surface area (Å²) in [6, 6.07) is -0.552. The van der Waals surface area contributed by atoms with Gasteiger partial charge >= 0.3 is 0 Å². The van der Waals surface area contributed by atoms with Crippen molar-refractivity contribution in [3.8, 4) is 0 Å². The zero-order chi connectivity index (χ0) is 8.27. The zero-order valence-corrected chi connectivity index (χ0v) is 6.17. The summed E-state index contributed by atoms with van der Waals surface area (Å²) in [5, 5.41) is 0. The van der Waals surface area contributed by atoms with Crippen LogP contribution in [0.15, 0.2) is 0 Å². The van der Waals surface area contributed by atoms with Crippen molar-refractivity contribution >= 4 is 6.29 Å². The van der Waals surface area contributed by atoms with Gasteiger partial charge < -0.3 is 4.79 Å². The van der Waals surface area contributed by atoms with Gasteiger partial charge in [0, 0.05) is 6.54 Å². The first-order chi connectivity index (χ1) is 5.25. The molecule has 2 nitrogen and oxygen atoms in total. The molecular formula is C7H11F2NO. The number of alkyl halides is 2. The molecule has 0 spiro atoms. The summed E-state index contributed by atoms with van der Waals surface area (Å²) in [5.74, 6) is 0. The van der Waals surface area contributed by atoms with Crippen LogP contribution in [-0.2, 0) is 4.79 Å². The van der Waals surface area contributed by atoms with Crippen molar-refractivity contribution in [1.82, 2.24) is 4.90 Å². The Morgan fingerprint density at radius 2 is 2.18 bits per heavy atom. The predicted molar refractivity (Wildman–Crippen MR) is 36.4 cm³/mol. The summed E-state index contributed by atoms with van der Waals surface area (Å²) in [4.78, 5) is 11.3. The monoisotopic (exact) mass is 163 g/mol. The molecule has 1 aliphatic heterocycles. The molecular weight excluding hydrogens is 152 g/mol. The Morgan fingerprint density at radius 3 is 2.64 bits per heavy atom. The van der Waals surface area contributed by atoms with Crippen LogP contribution in [0.3, 0.4) is 0 Å². The maximum Gasteiger partial charge on any atom is 0.295 e. The third kappa shape index (κ3) is 1.96. The molecule has 1 heterocycles. The second kappa shape index (κ2) is 3.76. The minimum absolute atomic E-state index is 0.348. The molecule has 11 heavy (non-hydrogen) atoms. The normalized spacial score (nSPS) is 27.4. The first kappa shape index (κ1) is 8.59. The highest BCUT2D eigenvalue weighted by molar-refractivity contribution is 5.57. The lowest BCUT2D eigenvalue weighted by molar-refractivity contribution is -0.123. The molecule has 64 valence electrons. The smallest absolute Gasteiger partial charge is 0.295 e. The standard InChI is InChI=1S/C7H11F2NO/c8-7(9)10-4-2-1-3-6(10)5-11/h5-7H,1-4H2. The van der Waals surface area contributed by atoms with Crippen molar-refractivity contribution in [1.29, 1.82) is 0 Å². The number of piperidine rings is 1. The highest BCUT2D eigenvalue weighted by Crippen LogP contribution is 2.19. The fourth-order valence-electron chi connectivity index (χ4n) is 1.37. The lowest BCUT2D eigenvalue weighted by Crippen LogP contribution is -2.43. The van der Waals surface area contributed by atoms with E-state index in [9.17, 15) is 13.6 Å². The van der Waals surface area contributed by atoms with Gasteiger partial charge in [0.05, 0.1) is 6.04 Å².